The monoisotopic (exact) mass is 171 g/mol. The summed E-state index contributed by atoms with van der Waals surface area (Å²) in [4.78, 5) is 2.11. The average Bonchev–Trinajstić information content (AvgIpc) is 2.05. The van der Waals surface area contributed by atoms with Crippen LogP contribution in [0.15, 0.2) is 5.83 Å². The lowest BCUT2D eigenvalue weighted by atomic mass is 10.2. The molecule has 1 radical (unpaired) electrons. The third kappa shape index (κ3) is 3.32. The van der Waals surface area contributed by atoms with Gasteiger partial charge in [0.25, 0.3) is 0 Å². The zero-order valence-corrected chi connectivity index (χ0v) is 7.35. The third-order valence-corrected chi connectivity index (χ3v) is 2.04. The van der Waals surface area contributed by atoms with Gasteiger partial charge in [0.15, 0.2) is 0 Å². The van der Waals surface area contributed by atoms with E-state index in [0.717, 1.165) is 38.9 Å². The van der Waals surface area contributed by atoms with Gasteiger partial charge in [0, 0.05) is 6.54 Å². The first-order valence-corrected chi connectivity index (χ1v) is 4.50. The Morgan fingerprint density at radius 2 is 2.33 bits per heavy atom. The lowest BCUT2D eigenvalue weighted by Gasteiger charge is -2.23. The number of nitrogens with two attached hydrogens (primary N) is 1. The van der Waals surface area contributed by atoms with E-state index in [9.17, 15) is 4.39 Å². The van der Waals surface area contributed by atoms with E-state index in [2.05, 4.69) is 11.0 Å². The van der Waals surface area contributed by atoms with E-state index in [1.165, 1.54) is 0 Å². The van der Waals surface area contributed by atoms with Crippen LogP contribution < -0.4 is 5.73 Å². The molecule has 0 aliphatic carbocycles. The molecule has 0 saturated carbocycles. The molecule has 2 nitrogen and oxygen atoms in total. The molecule has 0 saturated heterocycles. The summed E-state index contributed by atoms with van der Waals surface area (Å²) >= 11 is 0. The van der Waals surface area contributed by atoms with Crippen molar-refractivity contribution in [1.82, 2.24) is 4.90 Å². The highest BCUT2D eigenvalue weighted by Crippen LogP contribution is 2.09. The van der Waals surface area contributed by atoms with Gasteiger partial charge in [-0.05, 0) is 38.4 Å². The van der Waals surface area contributed by atoms with E-state index in [-0.39, 0.29) is 5.83 Å². The van der Waals surface area contributed by atoms with Crippen LogP contribution in [0.4, 0.5) is 4.39 Å². The van der Waals surface area contributed by atoms with Crippen LogP contribution in [0.1, 0.15) is 19.3 Å². The molecule has 0 bridgehead atoms. The van der Waals surface area contributed by atoms with Crippen molar-refractivity contribution in [3.63, 3.8) is 0 Å². The molecule has 69 valence electrons. The number of halogens is 1. The fraction of sp³-hybridized carbons (Fsp3) is 0.778. The summed E-state index contributed by atoms with van der Waals surface area (Å²) in [5.41, 5.74) is 5.36. The van der Waals surface area contributed by atoms with Crippen molar-refractivity contribution in [3.05, 3.63) is 11.9 Å². The lowest BCUT2D eigenvalue weighted by Crippen LogP contribution is -2.30. The second-order valence-corrected chi connectivity index (χ2v) is 3.10. The van der Waals surface area contributed by atoms with Crippen LogP contribution in [0.25, 0.3) is 0 Å². The molecule has 2 N–H and O–H groups in total. The van der Waals surface area contributed by atoms with Crippen LogP contribution in [0, 0.1) is 6.08 Å². The summed E-state index contributed by atoms with van der Waals surface area (Å²) in [7, 11) is 0. The van der Waals surface area contributed by atoms with Gasteiger partial charge in [0.05, 0.1) is 6.54 Å². The highest BCUT2D eigenvalue weighted by atomic mass is 19.1. The van der Waals surface area contributed by atoms with Gasteiger partial charge in [-0.3, -0.25) is 4.90 Å². The van der Waals surface area contributed by atoms with E-state index in [4.69, 9.17) is 5.73 Å². The second-order valence-electron chi connectivity index (χ2n) is 3.10. The maximum absolute atomic E-state index is 12.7. The predicted octanol–water partition coefficient (Wildman–Crippen LogP) is 1.09. The Kier molecular flexibility index (Phi) is 4.25. The van der Waals surface area contributed by atoms with Gasteiger partial charge < -0.3 is 5.73 Å². The molecule has 1 aliphatic heterocycles. The average molecular weight is 171 g/mol. The second kappa shape index (κ2) is 5.27. The molecular formula is C9H16FN2. The first kappa shape index (κ1) is 9.68. The minimum Gasteiger partial charge on any atom is -0.330 e. The van der Waals surface area contributed by atoms with Gasteiger partial charge in [-0.25, -0.2) is 4.39 Å². The van der Waals surface area contributed by atoms with Crippen molar-refractivity contribution in [2.75, 3.05) is 26.2 Å². The SMILES string of the molecule is NCCCCN1CC[C]=C(F)C1. The minimum absolute atomic E-state index is 0.103. The van der Waals surface area contributed by atoms with Gasteiger partial charge in [-0.2, -0.15) is 0 Å². The number of hydrogen-bond donors (Lipinski definition) is 1. The normalized spacial score (nSPS) is 19.3. The summed E-state index contributed by atoms with van der Waals surface area (Å²) in [6, 6.07) is 0. The molecule has 3 heteroatoms. The predicted molar refractivity (Wildman–Crippen MR) is 47.2 cm³/mol. The third-order valence-electron chi connectivity index (χ3n) is 2.04. The smallest absolute Gasteiger partial charge is 0.117 e. The molecule has 1 aliphatic rings. The number of unbranched alkanes of at least 4 members (excludes halogenated alkanes) is 1. The maximum atomic E-state index is 12.7. The van der Waals surface area contributed by atoms with Crippen LogP contribution in [0.3, 0.4) is 0 Å². The Balaban J connectivity index is 2.13. The highest BCUT2D eigenvalue weighted by molar-refractivity contribution is 4.93. The largest absolute Gasteiger partial charge is 0.330 e. The van der Waals surface area contributed by atoms with Crippen molar-refractivity contribution in [2.24, 2.45) is 5.73 Å². The first-order valence-electron chi connectivity index (χ1n) is 4.50. The molecule has 1 heterocycles. The Morgan fingerprint density at radius 1 is 1.50 bits per heavy atom. The molecular weight excluding hydrogens is 155 g/mol. The highest BCUT2D eigenvalue weighted by Gasteiger charge is 2.11. The summed E-state index contributed by atoms with van der Waals surface area (Å²) in [5.74, 6) is -0.103. The maximum Gasteiger partial charge on any atom is 0.117 e. The summed E-state index contributed by atoms with van der Waals surface area (Å²) in [5, 5.41) is 0. The van der Waals surface area contributed by atoms with E-state index < -0.39 is 0 Å². The van der Waals surface area contributed by atoms with Crippen LogP contribution in [0.5, 0.6) is 0 Å². The Morgan fingerprint density at radius 3 is 3.00 bits per heavy atom. The standard InChI is InChI=1S/C9H16FN2/c10-9-4-3-7-12(8-9)6-2-1-5-11/h1-3,5-8,11H2. The first-order chi connectivity index (χ1) is 5.83. The lowest BCUT2D eigenvalue weighted by molar-refractivity contribution is 0.259. The molecule has 0 amide bonds. The van der Waals surface area contributed by atoms with Crippen LogP contribution in [-0.4, -0.2) is 31.1 Å². The summed E-state index contributed by atoms with van der Waals surface area (Å²) in [6.45, 7) is 3.09. The van der Waals surface area contributed by atoms with E-state index in [0.29, 0.717) is 6.54 Å². The summed E-state index contributed by atoms with van der Waals surface area (Å²) in [6.07, 6.45) is 5.52. The zero-order valence-electron chi connectivity index (χ0n) is 7.35. The van der Waals surface area contributed by atoms with Gasteiger partial charge in [-0.15, -0.1) is 0 Å². The minimum atomic E-state index is -0.103. The van der Waals surface area contributed by atoms with Crippen molar-refractivity contribution in [1.29, 1.82) is 0 Å². The van der Waals surface area contributed by atoms with Crippen molar-refractivity contribution in [3.8, 4) is 0 Å². The Hall–Kier alpha value is -0.410. The molecule has 0 aromatic carbocycles. The topological polar surface area (TPSA) is 29.3 Å². The molecule has 0 aromatic heterocycles. The number of hydrogen-bond acceptors (Lipinski definition) is 2. The molecule has 0 aromatic rings. The van der Waals surface area contributed by atoms with Crippen molar-refractivity contribution < 1.29 is 4.39 Å². The number of rotatable bonds is 4. The quantitative estimate of drug-likeness (QED) is 0.641. The van der Waals surface area contributed by atoms with Crippen molar-refractivity contribution in [2.45, 2.75) is 19.3 Å². The molecule has 0 fully saturated rings. The van der Waals surface area contributed by atoms with Gasteiger partial charge in [-0.1, -0.05) is 0 Å². The van der Waals surface area contributed by atoms with E-state index in [1.807, 2.05) is 0 Å². The zero-order chi connectivity index (χ0) is 8.81. The molecule has 1 rings (SSSR count). The van der Waals surface area contributed by atoms with Crippen LogP contribution in [0.2, 0.25) is 0 Å². The van der Waals surface area contributed by atoms with Gasteiger partial charge >= 0.3 is 0 Å². The van der Waals surface area contributed by atoms with Gasteiger partial charge in [0.1, 0.15) is 5.83 Å². The van der Waals surface area contributed by atoms with Crippen molar-refractivity contribution >= 4 is 0 Å². The Labute approximate surface area is 73.2 Å². The van der Waals surface area contributed by atoms with E-state index in [1.54, 1.807) is 0 Å². The molecule has 12 heavy (non-hydrogen) atoms. The fourth-order valence-corrected chi connectivity index (χ4v) is 1.35. The fourth-order valence-electron chi connectivity index (χ4n) is 1.35. The van der Waals surface area contributed by atoms with E-state index >= 15 is 0 Å². The number of nitrogens with zero attached hydrogens (tertiary/aromatic N) is 1. The van der Waals surface area contributed by atoms with Crippen LogP contribution >= 0.6 is 0 Å². The van der Waals surface area contributed by atoms with Gasteiger partial charge in [0.2, 0.25) is 0 Å². The molecule has 0 spiro atoms. The molecule has 0 atom stereocenters. The van der Waals surface area contributed by atoms with Crippen LogP contribution in [-0.2, 0) is 0 Å². The summed E-state index contributed by atoms with van der Waals surface area (Å²) < 4.78 is 12.7. The Bertz CT molecular complexity index is 157. The molecule has 0 unspecified atom stereocenters.